The van der Waals surface area contributed by atoms with Crippen LogP contribution in [0.25, 0.3) is 0 Å². The summed E-state index contributed by atoms with van der Waals surface area (Å²) in [6.07, 6.45) is 0. The SMILES string of the molecule is Cc1ccc(S(=O)(=O)Nc2ccccc2C(CN(S(=O)(=O)c2ccc(C)cc2)S(=O)(=O)c2ccc(C)cc2)N(S(=O)(=O)c2ccc(C)cc2)S(=O)(=O)c2ccc(C)cc2)cc1. The number of para-hydroxylation sites is 1. The molecule has 1 N–H and O–H groups in total. The zero-order valence-electron chi connectivity index (χ0n) is 33.7. The van der Waals surface area contributed by atoms with E-state index >= 15 is 16.8 Å². The van der Waals surface area contributed by atoms with Crippen LogP contribution in [0.4, 0.5) is 5.69 Å². The van der Waals surface area contributed by atoms with E-state index in [-0.39, 0.29) is 18.0 Å². The normalized spacial score (nSPS) is 13.3. The van der Waals surface area contributed by atoms with Gasteiger partial charge in [-0.15, -0.1) is 0 Å². The van der Waals surface area contributed by atoms with Gasteiger partial charge in [0, 0.05) is 0 Å². The van der Waals surface area contributed by atoms with Gasteiger partial charge in [-0.2, -0.15) is 0 Å². The van der Waals surface area contributed by atoms with Gasteiger partial charge in [-0.25, -0.2) is 42.1 Å². The number of nitrogens with one attached hydrogen (secondary N) is 1. The molecule has 0 spiro atoms. The number of anilines is 1. The summed E-state index contributed by atoms with van der Waals surface area (Å²) >= 11 is 0. The lowest BCUT2D eigenvalue weighted by atomic mass is 10.1. The van der Waals surface area contributed by atoms with E-state index in [4.69, 9.17) is 0 Å². The summed E-state index contributed by atoms with van der Waals surface area (Å²) in [7, 11) is -25.6. The van der Waals surface area contributed by atoms with Crippen molar-refractivity contribution in [3.63, 3.8) is 0 Å². The highest BCUT2D eigenvalue weighted by Gasteiger charge is 2.48. The predicted molar refractivity (Wildman–Crippen MR) is 233 cm³/mol. The highest BCUT2D eigenvalue weighted by atomic mass is 32.3. The van der Waals surface area contributed by atoms with Gasteiger partial charge in [0.1, 0.15) is 0 Å². The van der Waals surface area contributed by atoms with Gasteiger partial charge >= 0.3 is 0 Å². The Morgan fingerprint density at radius 2 is 0.689 bits per heavy atom. The first-order chi connectivity index (χ1) is 28.5. The Bertz CT molecular complexity index is 2970. The van der Waals surface area contributed by atoms with Crippen LogP contribution in [0, 0.1) is 34.6 Å². The van der Waals surface area contributed by atoms with E-state index in [1.807, 2.05) is 0 Å². The monoisotopic (exact) mass is 921 g/mol. The zero-order chi connectivity index (χ0) is 44.5. The maximum atomic E-state index is 15.2. The molecule has 0 aliphatic rings. The first-order valence-corrected chi connectivity index (χ1v) is 25.8. The van der Waals surface area contributed by atoms with Crippen LogP contribution < -0.4 is 4.72 Å². The lowest BCUT2D eigenvalue weighted by Gasteiger charge is -2.34. The molecular weight excluding hydrogens is 879 g/mol. The molecule has 0 saturated heterocycles. The van der Waals surface area contributed by atoms with Gasteiger partial charge in [-0.3, -0.25) is 4.72 Å². The largest absolute Gasteiger partial charge is 0.279 e. The molecule has 6 rings (SSSR count). The smallest absolute Gasteiger partial charge is 0.261 e. The quantitative estimate of drug-likeness (QED) is 0.110. The minimum Gasteiger partial charge on any atom is -0.279 e. The molecule has 18 heteroatoms. The standard InChI is InChI=1S/C43H43N3O10S5/c1-31-10-20-36(21-11-31)57(47,48)44-42-9-7-6-8-41(42)43(46(60(53,54)39-26-16-34(4)17-27-39)61(55,56)40-28-18-35(5)19-29-40)30-45(58(49,50)37-22-12-32(2)13-23-37)59(51,52)38-24-14-33(3)15-25-38/h6-29,43-44H,30H2,1-5H3. The van der Waals surface area contributed by atoms with Crippen LogP contribution in [0.2, 0.25) is 0 Å². The minimum atomic E-state index is -5.32. The summed E-state index contributed by atoms with van der Waals surface area (Å²) in [4.78, 5) is -2.28. The van der Waals surface area contributed by atoms with Gasteiger partial charge in [0.05, 0.1) is 42.8 Å². The summed E-state index contributed by atoms with van der Waals surface area (Å²) in [5, 5.41) is 0. The number of aryl methyl sites for hydroxylation is 5. The van der Waals surface area contributed by atoms with Crippen molar-refractivity contribution in [2.45, 2.75) is 65.1 Å². The number of benzene rings is 6. The van der Waals surface area contributed by atoms with Crippen LogP contribution in [-0.4, -0.2) is 56.1 Å². The van der Waals surface area contributed by atoms with Crippen molar-refractivity contribution in [3.8, 4) is 0 Å². The second-order valence-electron chi connectivity index (χ2n) is 14.5. The Balaban J connectivity index is 1.71. The van der Waals surface area contributed by atoms with Crippen LogP contribution >= 0.6 is 0 Å². The zero-order valence-corrected chi connectivity index (χ0v) is 37.7. The van der Waals surface area contributed by atoms with Crippen LogP contribution in [0.15, 0.2) is 170 Å². The third-order valence-corrected chi connectivity index (χ3v) is 19.8. The molecule has 0 saturated carbocycles. The summed E-state index contributed by atoms with van der Waals surface area (Å²) in [5.74, 6) is 0. The summed E-state index contributed by atoms with van der Waals surface area (Å²) in [6.45, 7) is 7.09. The first-order valence-electron chi connectivity index (χ1n) is 18.6. The topological polar surface area (TPSA) is 189 Å². The van der Waals surface area contributed by atoms with Crippen LogP contribution in [0.1, 0.15) is 39.4 Å². The lowest BCUT2D eigenvalue weighted by molar-refractivity contribution is 0.383. The Morgan fingerprint density at radius 1 is 0.393 bits per heavy atom. The van der Waals surface area contributed by atoms with Gasteiger partial charge < -0.3 is 0 Å². The van der Waals surface area contributed by atoms with E-state index in [1.54, 1.807) is 46.8 Å². The molecule has 0 bridgehead atoms. The van der Waals surface area contributed by atoms with Crippen molar-refractivity contribution in [2.75, 3.05) is 11.3 Å². The first kappa shape index (κ1) is 45.3. The summed E-state index contributed by atoms with van der Waals surface area (Å²) < 4.78 is 151. The maximum Gasteiger partial charge on any atom is 0.261 e. The Kier molecular flexibility index (Phi) is 12.8. The van der Waals surface area contributed by atoms with Crippen LogP contribution in [0.5, 0.6) is 0 Å². The molecule has 0 amide bonds. The number of sulfonamides is 5. The predicted octanol–water partition coefficient (Wildman–Crippen LogP) is 7.23. The molecular formula is C43H43N3O10S5. The average Bonchev–Trinajstić information content (AvgIpc) is 3.20. The van der Waals surface area contributed by atoms with Crippen molar-refractivity contribution in [1.82, 2.24) is 7.42 Å². The summed E-state index contributed by atoms with van der Waals surface area (Å²) in [5.41, 5.74) is 2.52. The molecule has 0 aliphatic heterocycles. The molecule has 6 aromatic carbocycles. The van der Waals surface area contributed by atoms with E-state index in [9.17, 15) is 25.3 Å². The molecule has 1 unspecified atom stereocenters. The fourth-order valence-corrected chi connectivity index (χ4v) is 15.0. The number of hydrogen-bond acceptors (Lipinski definition) is 10. The maximum absolute atomic E-state index is 15.2. The fourth-order valence-electron chi connectivity index (χ4n) is 6.29. The van der Waals surface area contributed by atoms with Crippen molar-refractivity contribution in [3.05, 3.63) is 179 Å². The number of rotatable bonds is 15. The molecule has 0 fully saturated rings. The van der Waals surface area contributed by atoms with E-state index in [0.717, 1.165) is 29.8 Å². The Morgan fingerprint density at radius 3 is 1.03 bits per heavy atom. The molecule has 1 atom stereocenters. The molecule has 0 aliphatic carbocycles. The highest BCUT2D eigenvalue weighted by Crippen LogP contribution is 2.40. The molecule has 13 nitrogen and oxygen atoms in total. The van der Waals surface area contributed by atoms with Crippen LogP contribution in [0.3, 0.4) is 0 Å². The second kappa shape index (κ2) is 17.3. The van der Waals surface area contributed by atoms with Gasteiger partial charge in [0.15, 0.2) is 0 Å². The lowest BCUT2D eigenvalue weighted by Crippen LogP contribution is -2.48. The Labute approximate surface area is 358 Å². The van der Waals surface area contributed by atoms with E-state index in [1.165, 1.54) is 109 Å². The van der Waals surface area contributed by atoms with Crippen molar-refractivity contribution in [1.29, 1.82) is 0 Å². The highest BCUT2D eigenvalue weighted by molar-refractivity contribution is 8.04. The van der Waals surface area contributed by atoms with Gasteiger partial charge in [-0.05, 0) is 107 Å². The fraction of sp³-hybridized carbons (Fsp3) is 0.163. The van der Waals surface area contributed by atoms with Crippen molar-refractivity contribution >= 4 is 55.8 Å². The van der Waals surface area contributed by atoms with Crippen LogP contribution in [-0.2, 0) is 50.1 Å². The van der Waals surface area contributed by atoms with E-state index in [2.05, 4.69) is 4.72 Å². The Hall–Kier alpha value is -5.21. The molecule has 0 aromatic heterocycles. The summed E-state index contributed by atoms with van der Waals surface area (Å²) in [6, 6.07) is 29.4. The molecule has 6 aromatic rings. The minimum absolute atomic E-state index is 0.0631. The number of nitrogens with zero attached hydrogens (tertiary/aromatic N) is 2. The van der Waals surface area contributed by atoms with E-state index in [0.29, 0.717) is 22.3 Å². The third-order valence-electron chi connectivity index (χ3n) is 9.76. The van der Waals surface area contributed by atoms with Crippen molar-refractivity contribution < 1.29 is 42.1 Å². The molecule has 320 valence electrons. The number of hydrogen-bond donors (Lipinski definition) is 1. The molecule has 0 radical (unpaired) electrons. The molecule has 0 heterocycles. The van der Waals surface area contributed by atoms with E-state index < -0.39 is 87.8 Å². The van der Waals surface area contributed by atoms with Gasteiger partial charge in [0.25, 0.3) is 50.1 Å². The van der Waals surface area contributed by atoms with Gasteiger partial charge in [-0.1, -0.05) is 114 Å². The molecule has 61 heavy (non-hydrogen) atoms. The second-order valence-corrected chi connectivity index (χ2v) is 24.0. The average molecular weight is 922 g/mol. The van der Waals surface area contributed by atoms with Crippen molar-refractivity contribution in [2.24, 2.45) is 0 Å². The third kappa shape index (κ3) is 9.50. The van der Waals surface area contributed by atoms with Gasteiger partial charge in [0.2, 0.25) is 0 Å².